The molecule has 0 atom stereocenters. The van der Waals surface area contributed by atoms with Crippen LogP contribution in [0, 0.1) is 37.7 Å². The molecule has 1 aromatic carbocycles. The van der Waals surface area contributed by atoms with E-state index in [1.165, 1.54) is 5.56 Å². The number of allylic oxidation sites excluding steroid dienone is 13. The molecule has 5 nitrogen and oxygen atoms in total. The predicted molar refractivity (Wildman–Crippen MR) is 215 cm³/mol. The normalized spacial score (nSPS) is 20.5. The SMILES string of the molecule is CC(O)=C1C=C2N=C1C=C1CC(C)(C)C(=CC3=NC(=CC4=NC(=C2c2c(C)cc(C)cc2C)C=C4)C(C#C[Si](C(C)C)(C(C)C)C(C)C)=C3)N1. The van der Waals surface area contributed by atoms with E-state index in [4.69, 9.17) is 15.0 Å². The highest BCUT2D eigenvalue weighted by Gasteiger charge is 2.42. The number of aliphatic hydroxyl groups excluding tert-OH is 1. The molecule has 0 aromatic heterocycles. The summed E-state index contributed by atoms with van der Waals surface area (Å²) in [5.41, 5.74) is 19.8. The van der Waals surface area contributed by atoms with Crippen molar-refractivity contribution in [2.45, 2.75) is 106 Å². The molecule has 2 N–H and O–H groups in total. The molecule has 0 spiro atoms. The molecule has 1 fully saturated rings. The topological polar surface area (TPSA) is 69.3 Å². The van der Waals surface area contributed by atoms with Crippen LogP contribution in [0.4, 0.5) is 0 Å². The molecule has 5 aliphatic rings. The van der Waals surface area contributed by atoms with Gasteiger partial charge in [-0.2, -0.15) is 0 Å². The van der Waals surface area contributed by atoms with Gasteiger partial charge in [0.05, 0.1) is 45.6 Å². The third kappa shape index (κ3) is 6.33. The van der Waals surface area contributed by atoms with Crippen molar-refractivity contribution >= 4 is 30.8 Å². The molecule has 0 saturated carbocycles. The minimum absolute atomic E-state index is 0.147. The number of nitrogens with one attached hydrogen (secondary N) is 1. The molecule has 5 heterocycles. The predicted octanol–water partition coefficient (Wildman–Crippen LogP) is 10.8. The summed E-state index contributed by atoms with van der Waals surface area (Å²) in [7, 11) is -1.97. The zero-order chi connectivity index (χ0) is 36.3. The Hall–Kier alpha value is -4.47. The van der Waals surface area contributed by atoms with E-state index in [1.807, 2.05) is 6.08 Å². The van der Waals surface area contributed by atoms with Crippen molar-refractivity contribution in [1.29, 1.82) is 0 Å². The quantitative estimate of drug-likeness (QED) is 0.189. The largest absolute Gasteiger partial charge is 0.512 e. The number of nitrogens with zero attached hydrogens (tertiary/aromatic N) is 3. The van der Waals surface area contributed by atoms with Crippen LogP contribution in [0.25, 0.3) is 5.57 Å². The van der Waals surface area contributed by atoms with Gasteiger partial charge in [0.1, 0.15) is 8.07 Å². The van der Waals surface area contributed by atoms with Crippen LogP contribution in [0.3, 0.4) is 0 Å². The lowest BCUT2D eigenvalue weighted by atomic mass is 9.87. The second-order valence-corrected chi connectivity index (χ2v) is 21.7. The van der Waals surface area contributed by atoms with Crippen molar-refractivity contribution in [3.05, 3.63) is 122 Å². The minimum atomic E-state index is -1.97. The van der Waals surface area contributed by atoms with Crippen molar-refractivity contribution in [1.82, 2.24) is 5.32 Å². The van der Waals surface area contributed by atoms with Crippen molar-refractivity contribution in [3.63, 3.8) is 0 Å². The maximum Gasteiger partial charge on any atom is 0.146 e. The summed E-state index contributed by atoms with van der Waals surface area (Å²) in [5.74, 6) is 3.95. The van der Waals surface area contributed by atoms with E-state index < -0.39 is 8.07 Å². The van der Waals surface area contributed by atoms with Gasteiger partial charge in [-0.25, -0.2) is 15.0 Å². The van der Waals surface area contributed by atoms with Crippen LogP contribution in [0.1, 0.15) is 91.0 Å². The first-order chi connectivity index (χ1) is 23.5. The van der Waals surface area contributed by atoms with Crippen molar-refractivity contribution in [3.8, 4) is 11.5 Å². The summed E-state index contributed by atoms with van der Waals surface area (Å²) >= 11 is 0. The molecule has 0 aliphatic carbocycles. The number of benzene rings is 1. The molecule has 6 heteroatoms. The second kappa shape index (κ2) is 13.0. The molecular formula is C44H52N4OSi. The molecule has 50 heavy (non-hydrogen) atoms. The average molecular weight is 681 g/mol. The zero-order valence-electron chi connectivity index (χ0n) is 31.9. The maximum atomic E-state index is 10.9. The lowest BCUT2D eigenvalue weighted by molar-refractivity contribution is 0.412. The highest BCUT2D eigenvalue weighted by Crippen LogP contribution is 2.43. The van der Waals surface area contributed by atoms with Gasteiger partial charge in [-0.1, -0.05) is 79.0 Å². The summed E-state index contributed by atoms with van der Waals surface area (Å²) in [6.07, 6.45) is 15.4. The first kappa shape index (κ1) is 35.4. The molecule has 6 rings (SSSR count). The average Bonchev–Trinajstić information content (AvgIpc) is 3.77. The Balaban J connectivity index is 1.62. The molecule has 0 amide bonds. The molecule has 8 bridgehead atoms. The fourth-order valence-electron chi connectivity index (χ4n) is 8.60. The highest BCUT2D eigenvalue weighted by molar-refractivity contribution is 6.90. The van der Waals surface area contributed by atoms with E-state index in [1.54, 1.807) is 6.92 Å². The number of aliphatic imine (C=N–C) groups is 3. The molecule has 1 aromatic rings. The van der Waals surface area contributed by atoms with E-state index in [0.29, 0.717) is 16.6 Å². The summed E-state index contributed by atoms with van der Waals surface area (Å²) in [6, 6.07) is 4.43. The van der Waals surface area contributed by atoms with Crippen LogP contribution in [0.15, 0.2) is 115 Å². The van der Waals surface area contributed by atoms with Gasteiger partial charge in [-0.15, -0.1) is 5.54 Å². The van der Waals surface area contributed by atoms with Crippen molar-refractivity contribution in [2.24, 2.45) is 20.4 Å². The number of hydrogen-bond donors (Lipinski definition) is 2. The third-order valence-corrected chi connectivity index (χ3v) is 17.2. The molecule has 0 unspecified atom stereocenters. The Morgan fingerprint density at radius 3 is 2.10 bits per heavy atom. The zero-order valence-corrected chi connectivity index (χ0v) is 32.9. The monoisotopic (exact) mass is 680 g/mol. The van der Waals surface area contributed by atoms with Gasteiger partial charge >= 0.3 is 0 Å². The van der Waals surface area contributed by atoms with Crippen LogP contribution in [-0.4, -0.2) is 30.3 Å². The van der Waals surface area contributed by atoms with Gasteiger partial charge in [-0.3, -0.25) is 0 Å². The van der Waals surface area contributed by atoms with Crippen LogP contribution < -0.4 is 5.32 Å². The van der Waals surface area contributed by atoms with Gasteiger partial charge < -0.3 is 10.4 Å². The Morgan fingerprint density at radius 2 is 1.48 bits per heavy atom. The minimum Gasteiger partial charge on any atom is -0.512 e. The molecular weight excluding hydrogens is 629 g/mol. The molecule has 1 saturated heterocycles. The fourth-order valence-corrected chi connectivity index (χ4v) is 13.8. The Labute approximate surface area is 300 Å². The van der Waals surface area contributed by atoms with E-state index >= 15 is 0 Å². The first-order valence-electron chi connectivity index (χ1n) is 18.1. The fraction of sp³-hybridized carbons (Fsp3) is 0.386. The Kier molecular flexibility index (Phi) is 9.20. The molecule has 5 aliphatic heterocycles. The first-order valence-corrected chi connectivity index (χ1v) is 20.3. The second-order valence-electron chi connectivity index (χ2n) is 16.1. The van der Waals surface area contributed by atoms with Crippen molar-refractivity contribution < 1.29 is 5.11 Å². The van der Waals surface area contributed by atoms with Crippen LogP contribution in [0.5, 0.6) is 0 Å². The number of rotatable bonds is 4. The lowest BCUT2D eigenvalue weighted by Gasteiger charge is -2.38. The third-order valence-electron chi connectivity index (χ3n) is 10.9. The van der Waals surface area contributed by atoms with E-state index in [2.05, 4.69) is 142 Å². The lowest BCUT2D eigenvalue weighted by Crippen LogP contribution is -2.43. The number of aryl methyl sites for hydroxylation is 3. The van der Waals surface area contributed by atoms with Gasteiger partial charge in [-0.05, 0) is 110 Å². The number of aliphatic hydroxyl groups is 1. The summed E-state index contributed by atoms with van der Waals surface area (Å²) in [5, 5.41) is 14.6. The van der Waals surface area contributed by atoms with Crippen molar-refractivity contribution in [2.75, 3.05) is 0 Å². The van der Waals surface area contributed by atoms with E-state index in [9.17, 15) is 5.11 Å². The molecule has 0 radical (unpaired) electrons. The summed E-state index contributed by atoms with van der Waals surface area (Å²) in [6.45, 7) is 26.8. The van der Waals surface area contributed by atoms with Gasteiger partial charge in [0.2, 0.25) is 0 Å². The van der Waals surface area contributed by atoms with E-state index in [-0.39, 0.29) is 11.2 Å². The van der Waals surface area contributed by atoms with Crippen LogP contribution >= 0.6 is 0 Å². The van der Waals surface area contributed by atoms with Gasteiger partial charge in [0.15, 0.2) is 0 Å². The standard InChI is InChI=1S/C44H52N4OSi/c1-25(2)50(26(3)4,27(5)6)16-15-32-19-34-22-41-44(11,12)24-35(47-41)21-39-36(31(10)49)23-40(48-39)43(42-29(8)17-28(7)18-30(42)9)37-14-13-33(45-37)20-38(32)46-34/h13-14,17-23,25-27,47,49H,24H2,1-12H3. The summed E-state index contributed by atoms with van der Waals surface area (Å²) < 4.78 is 0. The highest BCUT2D eigenvalue weighted by atomic mass is 28.3. The number of fused-ring (bicyclic) bond motifs is 5. The molecule has 258 valence electrons. The smallest absolute Gasteiger partial charge is 0.146 e. The van der Waals surface area contributed by atoms with Crippen LogP contribution in [-0.2, 0) is 0 Å². The summed E-state index contributed by atoms with van der Waals surface area (Å²) in [4.78, 5) is 15.6. The van der Waals surface area contributed by atoms with Gasteiger partial charge in [0.25, 0.3) is 0 Å². The Morgan fingerprint density at radius 1 is 0.820 bits per heavy atom. The maximum absolute atomic E-state index is 10.9. The Bertz CT molecular complexity index is 2050. The van der Waals surface area contributed by atoms with Crippen LogP contribution in [0.2, 0.25) is 16.6 Å². The van der Waals surface area contributed by atoms with E-state index in [0.717, 1.165) is 85.5 Å². The van der Waals surface area contributed by atoms with Gasteiger partial charge in [0, 0.05) is 28.0 Å². The number of hydrogen-bond acceptors (Lipinski definition) is 5.